The van der Waals surface area contributed by atoms with Gasteiger partial charge in [0.15, 0.2) is 0 Å². The van der Waals surface area contributed by atoms with E-state index in [1.165, 1.54) is 0 Å². The van der Waals surface area contributed by atoms with Gasteiger partial charge < -0.3 is 58.4 Å². The minimum absolute atomic E-state index is 0. The van der Waals surface area contributed by atoms with Crippen LogP contribution in [0.2, 0.25) is 0 Å². The molecule has 0 aliphatic heterocycles. The van der Waals surface area contributed by atoms with E-state index in [0.717, 1.165) is 22.3 Å². The fourth-order valence-electron chi connectivity index (χ4n) is 5.32. The summed E-state index contributed by atoms with van der Waals surface area (Å²) in [5.74, 6) is -4.49. The van der Waals surface area contributed by atoms with Crippen molar-refractivity contribution in [3.8, 4) is 11.1 Å². The number of esters is 1. The zero-order valence-electron chi connectivity index (χ0n) is 33.2. The number of ether oxygens (including phenoxy) is 1. The molecule has 0 fully saturated rings. The van der Waals surface area contributed by atoms with Crippen molar-refractivity contribution >= 4 is 35.4 Å². The third-order valence-electron chi connectivity index (χ3n) is 8.11. The van der Waals surface area contributed by atoms with Crippen molar-refractivity contribution in [1.82, 2.24) is 26.6 Å². The van der Waals surface area contributed by atoms with E-state index in [-0.39, 0.29) is 113 Å². The number of rotatable bonds is 20. The molecule has 3 rings (SSSR count). The molecule has 16 nitrogen and oxygen atoms in total. The van der Waals surface area contributed by atoms with Gasteiger partial charge >= 0.3 is 11.9 Å². The first kappa shape index (κ1) is 67.1. The van der Waals surface area contributed by atoms with Gasteiger partial charge in [-0.05, 0) is 50.4 Å². The number of nitrogens with one attached hydrogen (secondary N) is 6. The molecule has 4 atom stereocenters. The van der Waals surface area contributed by atoms with Crippen molar-refractivity contribution < 1.29 is 71.3 Å². The van der Waals surface area contributed by atoms with Crippen molar-refractivity contribution in [3.63, 3.8) is 0 Å². The Bertz CT molecular complexity index is 1440. The smallest absolute Gasteiger partial charge is 0.308 e. The van der Waals surface area contributed by atoms with E-state index < -0.39 is 47.7 Å². The van der Waals surface area contributed by atoms with E-state index in [0.29, 0.717) is 19.5 Å². The van der Waals surface area contributed by atoms with Gasteiger partial charge in [0.1, 0.15) is 12.4 Å². The average Bonchev–Trinajstić information content (AvgIpc) is 3.48. The van der Waals surface area contributed by atoms with Crippen LogP contribution in [0.5, 0.6) is 0 Å². The number of Topliss-reactive ketones (excluding diaryl/α,β-unsaturated/α-hetero) is 1. The number of ketones is 1. The molecule has 1 aliphatic carbocycles. The van der Waals surface area contributed by atoms with Gasteiger partial charge in [-0.1, -0.05) is 99.0 Å². The molecule has 1 aliphatic rings. The number of aliphatic carboxylic acids is 1. The van der Waals surface area contributed by atoms with Crippen molar-refractivity contribution in [2.45, 2.75) is 87.7 Å². The maximum absolute atomic E-state index is 12.1. The molecule has 0 bridgehead atoms. The molecule has 17 heteroatoms. The Hall–Kier alpha value is -3.64. The Labute approximate surface area is 380 Å². The van der Waals surface area contributed by atoms with Crippen LogP contribution in [0.3, 0.4) is 0 Å². The predicted octanol–water partition coefficient (Wildman–Crippen LogP) is 3.71. The Balaban J connectivity index is -0.000000185. The summed E-state index contributed by atoms with van der Waals surface area (Å²) in [6.45, 7) is 7.19. The van der Waals surface area contributed by atoms with Gasteiger partial charge in [0.25, 0.3) is 0 Å². The van der Waals surface area contributed by atoms with E-state index in [9.17, 15) is 28.8 Å². The van der Waals surface area contributed by atoms with Gasteiger partial charge in [-0.2, -0.15) is 0 Å². The van der Waals surface area contributed by atoms with Crippen LogP contribution >= 0.6 is 0 Å². The number of carbonyl (C=O) groups excluding carboxylic acids is 5. The monoisotopic (exact) mass is 910 g/mol. The summed E-state index contributed by atoms with van der Waals surface area (Å²) < 4.78 is 5.44. The molecule has 337 valence electrons. The van der Waals surface area contributed by atoms with Gasteiger partial charge in [-0.3, -0.25) is 24.0 Å². The van der Waals surface area contributed by atoms with Crippen molar-refractivity contribution in [1.29, 1.82) is 0 Å². The fraction of sp³-hybridized carbons (Fsp3) is 0.571. The van der Waals surface area contributed by atoms with E-state index in [1.54, 1.807) is 35.1 Å². The molecule has 3 amide bonds. The quantitative estimate of drug-likeness (QED) is 0.0882. The number of benzene rings is 2. The van der Waals surface area contributed by atoms with Crippen LogP contribution in [0.1, 0.15) is 86.8 Å². The standard InChI is InChI=1S/C20H21NO4.C12H24N4O3.C4H11N3O.C2H6.4CH4.Y/c1-21-11-13(20(23)24)10-19(22)25-12-18-16-8-4-2-6-14(16)15-7-3-5-9-17(15)18;1-4-9(17)5-8(6-14-2)12(19)16-10(7-15-3)11(13)18;1-7-2-3(5)4(6)8;1-2;;;;;/h2-9,13,18,21H,10-12H2,1H3,(H,23,24);8,10,14-15H,4-7H2,1-3H3,(H3,13,16,18,19);3,7H,2,5H2,1H3,(H2,6,8);1-2H3;4*1H4;/p-1/t13-;8-,10-;3-;;;;;;/m000....../s1. The van der Waals surface area contributed by atoms with E-state index >= 15 is 0 Å². The van der Waals surface area contributed by atoms with Crippen LogP contribution in [-0.2, 0) is 66.2 Å². The topological polar surface area (TPSA) is 268 Å². The second-order valence-corrected chi connectivity index (χ2v) is 12.1. The predicted molar refractivity (Wildman–Crippen MR) is 236 cm³/mol. The first-order chi connectivity index (χ1) is 25.7. The Morgan fingerprint density at radius 3 is 1.56 bits per heavy atom. The number of hydrogen-bond acceptors (Lipinski definition) is 12. The summed E-state index contributed by atoms with van der Waals surface area (Å²) in [4.78, 5) is 67.9. The van der Waals surface area contributed by atoms with Crippen LogP contribution in [-0.4, -0.2) is 114 Å². The molecule has 59 heavy (non-hydrogen) atoms. The van der Waals surface area contributed by atoms with E-state index in [2.05, 4.69) is 50.8 Å². The molecule has 0 unspecified atom stereocenters. The molecule has 0 spiro atoms. The van der Waals surface area contributed by atoms with Crippen LogP contribution in [0.25, 0.3) is 16.9 Å². The molecule has 0 saturated heterocycles. The summed E-state index contributed by atoms with van der Waals surface area (Å²) in [5, 5.41) is 22.8. The maximum Gasteiger partial charge on any atom is 0.308 e. The maximum atomic E-state index is 12.1. The number of fused-ring (bicyclic) bond motifs is 3. The van der Waals surface area contributed by atoms with Crippen LogP contribution < -0.4 is 38.1 Å². The number of carboxylic acids is 1. The number of carbonyl (C=O) groups is 6. The van der Waals surface area contributed by atoms with Gasteiger partial charge in [0, 0.05) is 77.6 Å². The Morgan fingerprint density at radius 1 is 0.746 bits per heavy atom. The third kappa shape index (κ3) is 24.9. The van der Waals surface area contributed by atoms with Crippen molar-refractivity contribution in [2.24, 2.45) is 23.3 Å². The molecule has 1 radical (unpaired) electrons. The first-order valence-electron chi connectivity index (χ1n) is 18.0. The van der Waals surface area contributed by atoms with Gasteiger partial charge in [-0.25, -0.2) is 0 Å². The summed E-state index contributed by atoms with van der Waals surface area (Å²) in [6, 6.07) is 14.8. The number of hydrogen-bond donors (Lipinski definition) is 8. The number of carboxylic acid groups (broad SMARTS) is 1. The molecule has 0 heterocycles. The zero-order chi connectivity index (χ0) is 41.2. The largest absolute Gasteiger partial charge is 0.666 e. The van der Waals surface area contributed by atoms with Crippen LogP contribution in [0, 0.1) is 11.8 Å². The third-order valence-corrected chi connectivity index (χ3v) is 8.11. The summed E-state index contributed by atoms with van der Waals surface area (Å²) in [5.41, 5.74) is 21.7. The average molecular weight is 911 g/mol. The van der Waals surface area contributed by atoms with Crippen LogP contribution in [0.15, 0.2) is 48.5 Å². The minimum atomic E-state index is -0.997. The van der Waals surface area contributed by atoms with E-state index in [4.69, 9.17) is 27.0 Å². The number of primary amides is 1. The Morgan fingerprint density at radius 2 is 1.19 bits per heavy atom. The second-order valence-electron chi connectivity index (χ2n) is 12.1. The number of likely N-dealkylation sites (N-methyl/N-ethyl adjacent to an activating group) is 2. The normalized spacial score (nSPS) is 12.1. The molecule has 2 aromatic carbocycles. The van der Waals surface area contributed by atoms with Crippen LogP contribution in [0.4, 0.5) is 0 Å². The molecule has 2 aromatic rings. The summed E-state index contributed by atoms with van der Waals surface area (Å²) in [7, 11) is 6.70. The van der Waals surface area contributed by atoms with Gasteiger partial charge in [0.2, 0.25) is 11.8 Å². The molecule has 11 N–H and O–H groups in total. The minimum Gasteiger partial charge on any atom is -0.666 e. The van der Waals surface area contributed by atoms with Crippen molar-refractivity contribution in [2.75, 3.05) is 61.0 Å². The summed E-state index contributed by atoms with van der Waals surface area (Å²) >= 11 is 0. The first-order valence-corrected chi connectivity index (χ1v) is 18.0. The fourth-order valence-corrected chi connectivity index (χ4v) is 5.32. The van der Waals surface area contributed by atoms with Gasteiger partial charge in [0.05, 0.1) is 36.2 Å². The van der Waals surface area contributed by atoms with Gasteiger partial charge in [-0.15, -0.1) is 0 Å². The number of amides is 3. The number of nitrogens with two attached hydrogens (primary N) is 2. The van der Waals surface area contributed by atoms with Crippen molar-refractivity contribution in [3.05, 3.63) is 65.4 Å². The molecular weight excluding hydrogens is 833 g/mol. The van der Waals surface area contributed by atoms with E-state index in [1.807, 2.05) is 38.1 Å². The SMILES string of the molecule is C.C.C.C.CC.CCC(=O)C[C@@H](CNC)C(=O)N[C@@H](CNC)C([NH-])=O.CNC[C@H](CC(=O)OCC1c2ccccc2-c2ccccc21)C(=O)O.CNC[C@H](N)C(N)=O.[Y]. The molecule has 0 saturated carbocycles. The molecular formula is C42H77N8O8Y-. The molecule has 0 aromatic heterocycles. The Kier molecular flexibility index (Phi) is 43.9. The summed E-state index contributed by atoms with van der Waals surface area (Å²) in [6.07, 6.45) is 0.388. The second kappa shape index (κ2) is 38.6. The zero-order valence-corrected chi connectivity index (χ0v) is 36.0.